The minimum Gasteiger partial charge on any atom is -0.493 e. The molecule has 5 rings (SSSR count). The van der Waals surface area contributed by atoms with Gasteiger partial charge in [0.25, 0.3) is 0 Å². The number of likely N-dealkylation sites (N-methyl/N-ethyl adjacent to an activating group) is 1. The number of carbonyl (C=O) groups excluding carboxylic acids is 1. The molecule has 4 aromatic rings. The number of hydrogen-bond acceptors (Lipinski definition) is 10. The second kappa shape index (κ2) is 16.0. The van der Waals surface area contributed by atoms with Gasteiger partial charge in [-0.15, -0.1) is 0 Å². The Morgan fingerprint density at radius 1 is 0.978 bits per heavy atom. The number of nitrogens with one attached hydrogen (secondary N) is 1. The molecule has 2 aromatic carbocycles. The third-order valence-electron chi connectivity index (χ3n) is 8.09. The summed E-state index contributed by atoms with van der Waals surface area (Å²) < 4.78 is 17.8. The fourth-order valence-electron chi connectivity index (χ4n) is 5.43. The molecule has 1 unspecified atom stereocenters. The van der Waals surface area contributed by atoms with Crippen LogP contribution in [0, 0.1) is 13.8 Å². The lowest BCUT2D eigenvalue weighted by molar-refractivity contribution is 0.145. The van der Waals surface area contributed by atoms with Gasteiger partial charge in [0, 0.05) is 63.1 Å². The van der Waals surface area contributed by atoms with Crippen molar-refractivity contribution in [1.82, 2.24) is 24.8 Å². The molecular formula is C35H43N7O4. The predicted molar refractivity (Wildman–Crippen MR) is 179 cm³/mol. The van der Waals surface area contributed by atoms with Crippen LogP contribution in [0.5, 0.6) is 17.2 Å². The molecule has 2 aromatic heterocycles. The fraction of sp³-hybridized carbons (Fsp3) is 0.371. The summed E-state index contributed by atoms with van der Waals surface area (Å²) in [6, 6.07) is 16.7. The lowest BCUT2D eigenvalue weighted by Gasteiger charge is -2.32. The number of pyridine rings is 1. The van der Waals surface area contributed by atoms with E-state index in [1.165, 1.54) is 11.2 Å². The number of benzene rings is 2. The van der Waals surface area contributed by atoms with Gasteiger partial charge in [-0.1, -0.05) is 24.3 Å². The first-order chi connectivity index (χ1) is 22.4. The lowest BCUT2D eigenvalue weighted by atomic mass is 10.1. The Balaban J connectivity index is 1.32. The van der Waals surface area contributed by atoms with E-state index in [1.807, 2.05) is 62.4 Å². The van der Waals surface area contributed by atoms with Crippen LogP contribution in [0.25, 0.3) is 0 Å². The van der Waals surface area contributed by atoms with E-state index in [0.29, 0.717) is 29.7 Å². The molecule has 46 heavy (non-hydrogen) atoms. The molecular weight excluding hydrogens is 582 g/mol. The molecule has 1 fully saturated rings. The Bertz CT molecular complexity index is 1530. The monoisotopic (exact) mass is 625 g/mol. The minimum atomic E-state index is -0.551. The summed E-state index contributed by atoms with van der Waals surface area (Å²) in [6.07, 6.45) is 6.90. The van der Waals surface area contributed by atoms with Crippen LogP contribution >= 0.6 is 0 Å². The van der Waals surface area contributed by atoms with Crippen LogP contribution in [-0.2, 0) is 0 Å². The number of hydrogen-bond donors (Lipinski definition) is 1. The molecule has 1 atom stereocenters. The van der Waals surface area contributed by atoms with Crippen molar-refractivity contribution in [3.8, 4) is 17.2 Å². The summed E-state index contributed by atoms with van der Waals surface area (Å²) in [6.45, 7) is 10.0. The number of methoxy groups -OCH3 is 1. The normalized spacial score (nSPS) is 14.3. The maximum absolute atomic E-state index is 13.8. The molecule has 0 spiro atoms. The van der Waals surface area contributed by atoms with Crippen molar-refractivity contribution in [2.24, 2.45) is 0 Å². The van der Waals surface area contributed by atoms with E-state index in [4.69, 9.17) is 14.2 Å². The number of aromatic nitrogens is 3. The van der Waals surface area contributed by atoms with E-state index in [-0.39, 0.29) is 12.6 Å². The zero-order valence-corrected chi connectivity index (χ0v) is 27.1. The van der Waals surface area contributed by atoms with Gasteiger partial charge in [-0.25, -0.2) is 14.8 Å². The van der Waals surface area contributed by atoms with E-state index in [0.717, 1.165) is 61.5 Å². The summed E-state index contributed by atoms with van der Waals surface area (Å²) >= 11 is 0. The Morgan fingerprint density at radius 2 is 1.78 bits per heavy atom. The Hall–Kier alpha value is -4.74. The highest BCUT2D eigenvalue weighted by atomic mass is 16.6. The lowest BCUT2D eigenvalue weighted by Crippen LogP contribution is -2.44. The quantitative estimate of drug-likeness (QED) is 0.195. The van der Waals surface area contributed by atoms with Crippen molar-refractivity contribution >= 4 is 17.6 Å². The number of para-hydroxylation sites is 1. The maximum Gasteiger partial charge on any atom is 0.421 e. The zero-order valence-electron chi connectivity index (χ0n) is 27.1. The SMILES string of the molecule is COc1cc(NC(CN(C(=O)Oc2c(C)cccc2C)c2ccncn2)c2cccnc2)ccc1OCCCN1CCN(C)CC1. The number of ether oxygens (including phenoxy) is 3. The average Bonchev–Trinajstić information content (AvgIpc) is 3.08. The summed E-state index contributed by atoms with van der Waals surface area (Å²) in [4.78, 5) is 32.9. The van der Waals surface area contributed by atoms with E-state index in [1.54, 1.807) is 31.8 Å². The van der Waals surface area contributed by atoms with Crippen molar-refractivity contribution in [2.75, 3.05) is 70.2 Å². The third kappa shape index (κ3) is 8.70. The summed E-state index contributed by atoms with van der Waals surface area (Å²) in [5.41, 5.74) is 3.41. The molecule has 11 heteroatoms. The van der Waals surface area contributed by atoms with Crippen LogP contribution < -0.4 is 24.4 Å². The number of rotatable bonds is 13. The van der Waals surface area contributed by atoms with Gasteiger partial charge in [-0.3, -0.25) is 9.88 Å². The number of nitrogens with zero attached hydrogens (tertiary/aromatic N) is 6. The van der Waals surface area contributed by atoms with Crippen molar-refractivity contribution in [1.29, 1.82) is 0 Å². The van der Waals surface area contributed by atoms with Crippen LogP contribution in [0.3, 0.4) is 0 Å². The standard InChI is InChI=1S/C35H43N7O4/c1-26-8-5-9-27(2)34(26)46-35(43)42(33-13-15-37-25-38-33)24-30(28-10-6-14-36-23-28)39-29-11-12-31(32(22-29)44-4)45-21-7-16-41-19-17-40(3)18-20-41/h5-6,8-15,22-23,25,30,39H,7,16-21,24H2,1-4H3. The topological polar surface area (TPSA) is 105 Å². The number of carbonyl (C=O) groups is 1. The Morgan fingerprint density at radius 3 is 2.48 bits per heavy atom. The number of anilines is 2. The Kier molecular flexibility index (Phi) is 11.4. The first-order valence-electron chi connectivity index (χ1n) is 15.6. The van der Waals surface area contributed by atoms with Crippen molar-refractivity contribution in [3.63, 3.8) is 0 Å². The molecule has 1 amide bonds. The number of aryl methyl sites for hydroxylation is 2. The van der Waals surface area contributed by atoms with Crippen LogP contribution in [0.2, 0.25) is 0 Å². The molecule has 0 saturated carbocycles. The van der Waals surface area contributed by atoms with Crippen molar-refractivity contribution in [2.45, 2.75) is 26.3 Å². The van der Waals surface area contributed by atoms with Gasteiger partial charge >= 0.3 is 6.09 Å². The van der Waals surface area contributed by atoms with Gasteiger partial charge in [0.1, 0.15) is 17.9 Å². The van der Waals surface area contributed by atoms with Crippen LogP contribution in [-0.4, -0.2) is 90.9 Å². The number of piperazine rings is 1. The highest BCUT2D eigenvalue weighted by Crippen LogP contribution is 2.33. The molecule has 3 heterocycles. The van der Waals surface area contributed by atoms with Crippen molar-refractivity contribution in [3.05, 3.63) is 96.2 Å². The zero-order chi connectivity index (χ0) is 32.3. The van der Waals surface area contributed by atoms with Gasteiger partial charge < -0.3 is 29.3 Å². The maximum atomic E-state index is 13.8. The van der Waals surface area contributed by atoms with E-state index in [9.17, 15) is 4.79 Å². The smallest absolute Gasteiger partial charge is 0.421 e. The van der Waals surface area contributed by atoms with Gasteiger partial charge in [-0.05, 0) is 68.3 Å². The first kappa shape index (κ1) is 32.6. The van der Waals surface area contributed by atoms with Gasteiger partial charge in [0.2, 0.25) is 0 Å². The third-order valence-corrected chi connectivity index (χ3v) is 8.09. The highest BCUT2D eigenvalue weighted by Gasteiger charge is 2.26. The predicted octanol–water partition coefficient (Wildman–Crippen LogP) is 5.37. The number of amides is 1. The van der Waals surface area contributed by atoms with E-state index in [2.05, 4.69) is 37.1 Å². The second-order valence-electron chi connectivity index (χ2n) is 11.5. The molecule has 1 aliphatic rings. The first-order valence-corrected chi connectivity index (χ1v) is 15.6. The summed E-state index contributed by atoms with van der Waals surface area (Å²) in [5, 5.41) is 3.57. The molecule has 11 nitrogen and oxygen atoms in total. The average molecular weight is 626 g/mol. The minimum absolute atomic E-state index is 0.194. The van der Waals surface area contributed by atoms with Crippen LogP contribution in [0.4, 0.5) is 16.3 Å². The van der Waals surface area contributed by atoms with Gasteiger partial charge in [0.05, 0.1) is 26.3 Å². The summed E-state index contributed by atoms with van der Waals surface area (Å²) in [5.74, 6) is 2.25. The molecule has 242 valence electrons. The molecule has 0 aliphatic carbocycles. The van der Waals surface area contributed by atoms with Crippen LogP contribution in [0.1, 0.15) is 29.2 Å². The summed E-state index contributed by atoms with van der Waals surface area (Å²) in [7, 11) is 3.80. The van der Waals surface area contributed by atoms with Crippen molar-refractivity contribution < 1.29 is 19.0 Å². The van der Waals surface area contributed by atoms with Crippen LogP contribution in [0.15, 0.2) is 79.5 Å². The second-order valence-corrected chi connectivity index (χ2v) is 11.5. The Labute approximate surface area is 271 Å². The highest BCUT2D eigenvalue weighted by molar-refractivity contribution is 5.88. The molecule has 1 N–H and O–H groups in total. The fourth-order valence-corrected chi connectivity index (χ4v) is 5.43. The van der Waals surface area contributed by atoms with E-state index >= 15 is 0 Å². The molecule has 0 bridgehead atoms. The molecule has 1 saturated heterocycles. The molecule has 1 aliphatic heterocycles. The van der Waals surface area contributed by atoms with Gasteiger partial charge in [0.15, 0.2) is 11.5 Å². The van der Waals surface area contributed by atoms with E-state index < -0.39 is 6.09 Å². The molecule has 0 radical (unpaired) electrons. The largest absolute Gasteiger partial charge is 0.493 e. The van der Waals surface area contributed by atoms with Gasteiger partial charge in [-0.2, -0.15) is 0 Å².